The molecule has 1 aromatic carbocycles. The van der Waals surface area contributed by atoms with Gasteiger partial charge in [0, 0.05) is 11.4 Å². The minimum absolute atomic E-state index is 0.183. The van der Waals surface area contributed by atoms with Gasteiger partial charge in [0.15, 0.2) is 4.96 Å². The second-order valence-corrected chi connectivity index (χ2v) is 4.91. The molecule has 0 spiro atoms. The molecule has 0 radical (unpaired) electrons. The topological polar surface area (TPSA) is 60.7 Å². The number of benzene rings is 1. The Balaban J connectivity index is 2.36. The molecule has 0 amide bonds. The van der Waals surface area contributed by atoms with Gasteiger partial charge in [-0.3, -0.25) is 9.20 Å². The highest BCUT2D eigenvalue weighted by Gasteiger charge is 2.17. The molecule has 0 aliphatic rings. The summed E-state index contributed by atoms with van der Waals surface area (Å²) in [5.74, 6) is -0.560. The fraction of sp³-hybridized carbons (Fsp3) is 0.0714. The van der Waals surface area contributed by atoms with Crippen LogP contribution in [0, 0.1) is 0 Å². The van der Waals surface area contributed by atoms with Gasteiger partial charge in [0.05, 0.1) is 12.8 Å². The summed E-state index contributed by atoms with van der Waals surface area (Å²) in [6.45, 7) is 0. The van der Waals surface area contributed by atoms with Gasteiger partial charge in [0.25, 0.3) is 5.56 Å². The molecule has 0 unspecified atom stereocenters. The highest BCUT2D eigenvalue weighted by Crippen LogP contribution is 2.25. The van der Waals surface area contributed by atoms with Crippen LogP contribution in [0.4, 0.5) is 0 Å². The first-order valence-corrected chi connectivity index (χ1v) is 6.73. The SMILES string of the molecule is COC(=O)c1cc(=O)nc2scc(-c3ccccc3)n12. The molecule has 20 heavy (non-hydrogen) atoms. The summed E-state index contributed by atoms with van der Waals surface area (Å²) in [6.07, 6.45) is 0. The van der Waals surface area contributed by atoms with Gasteiger partial charge in [-0.05, 0) is 5.56 Å². The van der Waals surface area contributed by atoms with Gasteiger partial charge >= 0.3 is 5.97 Å². The largest absolute Gasteiger partial charge is 0.464 e. The summed E-state index contributed by atoms with van der Waals surface area (Å²) < 4.78 is 6.38. The zero-order valence-electron chi connectivity index (χ0n) is 10.6. The third kappa shape index (κ3) is 2.00. The molecular weight excluding hydrogens is 276 g/mol. The number of aromatic nitrogens is 2. The monoisotopic (exact) mass is 286 g/mol. The maximum Gasteiger partial charge on any atom is 0.355 e. The van der Waals surface area contributed by atoms with Crippen molar-refractivity contribution < 1.29 is 9.53 Å². The van der Waals surface area contributed by atoms with Gasteiger partial charge in [-0.1, -0.05) is 30.3 Å². The summed E-state index contributed by atoms with van der Waals surface area (Å²) in [4.78, 5) is 27.8. The Hall–Kier alpha value is -2.47. The number of fused-ring (bicyclic) bond motifs is 1. The second kappa shape index (κ2) is 4.90. The molecule has 2 heterocycles. The summed E-state index contributed by atoms with van der Waals surface area (Å²) in [7, 11) is 1.29. The van der Waals surface area contributed by atoms with Crippen molar-refractivity contribution in [3.8, 4) is 11.3 Å². The number of hydrogen-bond acceptors (Lipinski definition) is 5. The van der Waals surface area contributed by atoms with Gasteiger partial charge in [-0.2, -0.15) is 4.98 Å². The Morgan fingerprint density at radius 3 is 2.75 bits per heavy atom. The predicted molar refractivity (Wildman–Crippen MR) is 76.1 cm³/mol. The van der Waals surface area contributed by atoms with Crippen LogP contribution in [0.3, 0.4) is 0 Å². The van der Waals surface area contributed by atoms with Crippen LogP contribution in [0.2, 0.25) is 0 Å². The highest BCUT2D eigenvalue weighted by atomic mass is 32.1. The summed E-state index contributed by atoms with van der Waals surface area (Å²) in [5.41, 5.74) is 1.47. The molecule has 0 aliphatic carbocycles. The number of ether oxygens (including phenoxy) is 1. The van der Waals surface area contributed by atoms with Crippen molar-refractivity contribution >= 4 is 22.3 Å². The molecule has 0 saturated heterocycles. The molecule has 3 aromatic rings. The standard InChI is InChI=1S/C14H10N2O3S/c1-19-13(18)10-7-12(17)15-14-16(10)11(8-20-14)9-5-3-2-4-6-9/h2-8H,1H3. The maximum absolute atomic E-state index is 11.9. The van der Waals surface area contributed by atoms with Gasteiger partial charge in [-0.15, -0.1) is 11.3 Å². The molecule has 0 aliphatic heterocycles. The van der Waals surface area contributed by atoms with Crippen LogP contribution in [-0.4, -0.2) is 22.5 Å². The second-order valence-electron chi connectivity index (χ2n) is 4.08. The van der Waals surface area contributed by atoms with Gasteiger partial charge < -0.3 is 4.74 Å². The van der Waals surface area contributed by atoms with Crippen LogP contribution in [-0.2, 0) is 4.74 Å². The molecule has 6 heteroatoms. The molecular formula is C14H10N2O3S. The van der Waals surface area contributed by atoms with Crippen LogP contribution in [0.15, 0.2) is 46.6 Å². The molecule has 0 N–H and O–H groups in total. The maximum atomic E-state index is 11.9. The lowest BCUT2D eigenvalue weighted by molar-refractivity contribution is 0.0592. The Kier molecular flexibility index (Phi) is 3.08. The van der Waals surface area contributed by atoms with E-state index in [1.165, 1.54) is 24.5 Å². The minimum Gasteiger partial charge on any atom is -0.464 e. The third-order valence-corrected chi connectivity index (χ3v) is 3.70. The van der Waals surface area contributed by atoms with Crippen molar-refractivity contribution in [2.75, 3.05) is 7.11 Å². The lowest BCUT2D eigenvalue weighted by Crippen LogP contribution is -2.16. The van der Waals surface area contributed by atoms with Gasteiger partial charge in [-0.25, -0.2) is 4.79 Å². The van der Waals surface area contributed by atoms with E-state index in [2.05, 4.69) is 4.98 Å². The number of nitrogens with zero attached hydrogens (tertiary/aromatic N) is 2. The number of carbonyl (C=O) groups is 1. The van der Waals surface area contributed by atoms with Crippen molar-refractivity contribution in [3.63, 3.8) is 0 Å². The fourth-order valence-corrected chi connectivity index (χ4v) is 2.90. The summed E-state index contributed by atoms with van der Waals surface area (Å²) in [6, 6.07) is 10.8. The molecule has 0 fully saturated rings. The summed E-state index contributed by atoms with van der Waals surface area (Å²) >= 11 is 1.31. The average molecular weight is 286 g/mol. The minimum atomic E-state index is -0.560. The quantitative estimate of drug-likeness (QED) is 0.678. The molecule has 100 valence electrons. The Bertz CT molecular complexity index is 836. The Labute approximate surface area is 118 Å². The number of thiazole rings is 1. The number of rotatable bonds is 2. The van der Waals surface area contributed by atoms with Gasteiger partial charge in [0.2, 0.25) is 0 Å². The first kappa shape index (κ1) is 12.6. The van der Waals surface area contributed by atoms with E-state index in [-0.39, 0.29) is 5.69 Å². The van der Waals surface area contributed by atoms with E-state index in [1.54, 1.807) is 4.40 Å². The molecule has 3 rings (SSSR count). The van der Waals surface area contributed by atoms with E-state index in [4.69, 9.17) is 4.74 Å². The van der Waals surface area contributed by atoms with Crippen LogP contribution in [0.5, 0.6) is 0 Å². The van der Waals surface area contributed by atoms with Crippen LogP contribution in [0.25, 0.3) is 16.2 Å². The lowest BCUT2D eigenvalue weighted by Gasteiger charge is -2.06. The first-order valence-electron chi connectivity index (χ1n) is 5.86. The van der Waals surface area contributed by atoms with E-state index in [0.29, 0.717) is 4.96 Å². The number of esters is 1. The van der Waals surface area contributed by atoms with E-state index in [0.717, 1.165) is 11.3 Å². The highest BCUT2D eigenvalue weighted by molar-refractivity contribution is 7.15. The van der Waals surface area contributed by atoms with Crippen molar-refractivity contribution in [3.05, 3.63) is 57.8 Å². The summed E-state index contributed by atoms with van der Waals surface area (Å²) in [5, 5.41) is 1.86. The fourth-order valence-electron chi connectivity index (χ4n) is 2.00. The van der Waals surface area contributed by atoms with E-state index >= 15 is 0 Å². The van der Waals surface area contributed by atoms with E-state index in [9.17, 15) is 9.59 Å². The van der Waals surface area contributed by atoms with Gasteiger partial charge in [0.1, 0.15) is 5.69 Å². The van der Waals surface area contributed by atoms with Crippen molar-refractivity contribution in [2.24, 2.45) is 0 Å². The van der Waals surface area contributed by atoms with Crippen LogP contribution < -0.4 is 5.56 Å². The Morgan fingerprint density at radius 2 is 2.05 bits per heavy atom. The van der Waals surface area contributed by atoms with E-state index < -0.39 is 11.5 Å². The molecule has 5 nitrogen and oxygen atoms in total. The average Bonchev–Trinajstić information content (AvgIpc) is 2.90. The third-order valence-electron chi connectivity index (χ3n) is 2.88. The molecule has 0 saturated carbocycles. The number of methoxy groups -OCH3 is 1. The zero-order chi connectivity index (χ0) is 14.1. The normalized spacial score (nSPS) is 10.7. The first-order chi connectivity index (χ1) is 9.70. The van der Waals surface area contributed by atoms with E-state index in [1.807, 2.05) is 35.7 Å². The molecule has 0 bridgehead atoms. The Morgan fingerprint density at radius 1 is 1.30 bits per heavy atom. The molecule has 2 aromatic heterocycles. The molecule has 0 atom stereocenters. The zero-order valence-corrected chi connectivity index (χ0v) is 11.4. The number of carbonyl (C=O) groups excluding carboxylic acids is 1. The van der Waals surface area contributed by atoms with Crippen molar-refractivity contribution in [2.45, 2.75) is 0 Å². The number of hydrogen-bond donors (Lipinski definition) is 0. The van der Waals surface area contributed by atoms with Crippen molar-refractivity contribution in [1.29, 1.82) is 0 Å². The smallest absolute Gasteiger partial charge is 0.355 e. The lowest BCUT2D eigenvalue weighted by atomic mass is 10.2. The van der Waals surface area contributed by atoms with Crippen LogP contribution in [0.1, 0.15) is 10.5 Å². The predicted octanol–water partition coefficient (Wildman–Crippen LogP) is 2.21. The van der Waals surface area contributed by atoms with Crippen LogP contribution >= 0.6 is 11.3 Å². The van der Waals surface area contributed by atoms with Crippen molar-refractivity contribution in [1.82, 2.24) is 9.38 Å².